The van der Waals surface area contributed by atoms with E-state index in [1.54, 1.807) is 11.1 Å². The zero-order valence-corrected chi connectivity index (χ0v) is 16.3. The number of carbonyl (C=O) groups excluding carboxylic acids is 1. The molecule has 1 aromatic carbocycles. The van der Waals surface area contributed by atoms with Crippen LogP contribution in [0.25, 0.3) is 10.8 Å². The summed E-state index contributed by atoms with van der Waals surface area (Å²) in [6, 6.07) is 8.41. The molecule has 2 aromatic heterocycles. The quantitative estimate of drug-likeness (QED) is 0.694. The van der Waals surface area contributed by atoms with Crippen LogP contribution in [0.3, 0.4) is 0 Å². The number of nitrogens with one attached hydrogen (secondary N) is 1. The molecule has 3 aromatic rings. The summed E-state index contributed by atoms with van der Waals surface area (Å²) in [5.41, 5.74) is 0.651. The van der Waals surface area contributed by atoms with Crippen LogP contribution in [0.5, 0.6) is 0 Å². The molecule has 0 atom stereocenters. The number of fused-ring (bicyclic) bond motifs is 1. The van der Waals surface area contributed by atoms with Crippen molar-refractivity contribution in [3.63, 3.8) is 0 Å². The van der Waals surface area contributed by atoms with E-state index in [2.05, 4.69) is 20.3 Å². The molecule has 0 aliphatic carbocycles. The van der Waals surface area contributed by atoms with Crippen molar-refractivity contribution in [1.29, 1.82) is 0 Å². The minimum Gasteiger partial charge on any atom is -0.341 e. The van der Waals surface area contributed by atoms with Crippen LogP contribution in [0.15, 0.2) is 42.7 Å². The monoisotopic (exact) mass is 415 g/mol. The van der Waals surface area contributed by atoms with Crippen LogP contribution in [-0.2, 0) is 11.0 Å². The number of carbonyl (C=O) groups is 1. The van der Waals surface area contributed by atoms with Crippen molar-refractivity contribution in [3.8, 4) is 0 Å². The number of anilines is 2. The summed E-state index contributed by atoms with van der Waals surface area (Å²) in [7, 11) is 0. The number of piperidine rings is 1. The number of rotatable bonds is 3. The van der Waals surface area contributed by atoms with Crippen molar-refractivity contribution in [2.24, 2.45) is 5.92 Å². The lowest BCUT2D eigenvalue weighted by molar-refractivity contribution is -0.141. The van der Waals surface area contributed by atoms with E-state index in [1.807, 2.05) is 31.2 Å². The van der Waals surface area contributed by atoms with Gasteiger partial charge in [-0.1, -0.05) is 12.1 Å². The van der Waals surface area contributed by atoms with Crippen LogP contribution in [0, 0.1) is 12.8 Å². The van der Waals surface area contributed by atoms with Crippen molar-refractivity contribution < 1.29 is 18.0 Å². The third kappa shape index (κ3) is 4.05. The second-order valence-corrected chi connectivity index (χ2v) is 7.29. The van der Waals surface area contributed by atoms with Gasteiger partial charge in [0.2, 0.25) is 11.9 Å². The molecule has 9 heteroatoms. The van der Waals surface area contributed by atoms with Crippen molar-refractivity contribution in [2.75, 3.05) is 23.3 Å². The predicted octanol–water partition coefficient (Wildman–Crippen LogP) is 4.21. The number of amides is 1. The third-order valence-electron chi connectivity index (χ3n) is 5.35. The van der Waals surface area contributed by atoms with Crippen molar-refractivity contribution in [2.45, 2.75) is 25.9 Å². The number of pyridine rings is 1. The summed E-state index contributed by atoms with van der Waals surface area (Å²) in [6.07, 6.45) is -0.669. The van der Waals surface area contributed by atoms with Crippen molar-refractivity contribution in [3.05, 3.63) is 54.1 Å². The van der Waals surface area contributed by atoms with Gasteiger partial charge in [0.1, 0.15) is 5.69 Å². The summed E-state index contributed by atoms with van der Waals surface area (Å²) < 4.78 is 38.6. The number of halogens is 3. The fraction of sp³-hybridized carbons (Fsp3) is 0.333. The van der Waals surface area contributed by atoms with Gasteiger partial charge in [0.15, 0.2) is 0 Å². The van der Waals surface area contributed by atoms with E-state index in [9.17, 15) is 18.0 Å². The highest BCUT2D eigenvalue weighted by Crippen LogP contribution is 2.30. The highest BCUT2D eigenvalue weighted by Gasteiger charge is 2.34. The molecule has 1 aliphatic heterocycles. The lowest BCUT2D eigenvalue weighted by Gasteiger charge is -2.31. The maximum Gasteiger partial charge on any atom is 0.433 e. The zero-order chi connectivity index (χ0) is 21.3. The van der Waals surface area contributed by atoms with E-state index in [0.717, 1.165) is 34.4 Å². The minimum absolute atomic E-state index is 0.0423. The van der Waals surface area contributed by atoms with Gasteiger partial charge in [-0.2, -0.15) is 13.2 Å². The lowest BCUT2D eigenvalue weighted by atomic mass is 9.95. The van der Waals surface area contributed by atoms with Crippen LogP contribution >= 0.6 is 0 Å². The average molecular weight is 415 g/mol. The maximum atomic E-state index is 12.9. The Morgan fingerprint density at radius 3 is 2.53 bits per heavy atom. The molecule has 0 spiro atoms. The number of aromatic nitrogens is 3. The molecule has 6 nitrogen and oxygen atoms in total. The van der Waals surface area contributed by atoms with Gasteiger partial charge >= 0.3 is 6.18 Å². The third-order valence-corrected chi connectivity index (χ3v) is 5.35. The highest BCUT2D eigenvalue weighted by molar-refractivity contribution is 6.03. The van der Waals surface area contributed by atoms with Crippen molar-refractivity contribution >= 4 is 28.3 Å². The first-order chi connectivity index (χ1) is 14.3. The highest BCUT2D eigenvalue weighted by atomic mass is 19.4. The standard InChI is InChI=1S/C21H20F3N5O/c1-13-15-3-2-4-17(16(15)5-9-25-13)27-19(30)14-7-11-29(12-8-14)20-26-10-6-18(28-20)21(22,23)24/h2-6,9-10,14H,7-8,11-12H2,1H3,(H,27,30). The number of hydrogen-bond acceptors (Lipinski definition) is 5. The molecule has 3 heterocycles. The Hall–Kier alpha value is -3.23. The van der Waals surface area contributed by atoms with E-state index in [-0.39, 0.29) is 17.8 Å². The minimum atomic E-state index is -4.51. The van der Waals surface area contributed by atoms with Gasteiger partial charge in [-0.25, -0.2) is 9.97 Å². The Labute approximate surface area is 171 Å². The van der Waals surface area contributed by atoms with Crippen LogP contribution in [0.4, 0.5) is 24.8 Å². The molecule has 1 fully saturated rings. The van der Waals surface area contributed by atoms with E-state index < -0.39 is 11.9 Å². The molecule has 1 amide bonds. The smallest absolute Gasteiger partial charge is 0.341 e. The molecular weight excluding hydrogens is 395 g/mol. The maximum absolute atomic E-state index is 12.9. The Morgan fingerprint density at radius 2 is 1.80 bits per heavy atom. The summed E-state index contributed by atoms with van der Waals surface area (Å²) in [4.78, 5) is 26.4. The first-order valence-electron chi connectivity index (χ1n) is 9.63. The second-order valence-electron chi connectivity index (χ2n) is 7.29. The molecule has 156 valence electrons. The molecular formula is C21H20F3N5O. The summed E-state index contributed by atoms with van der Waals surface area (Å²) in [5.74, 6) is -0.285. The van der Waals surface area contributed by atoms with Gasteiger partial charge in [-0.15, -0.1) is 0 Å². The molecule has 0 bridgehead atoms. The van der Waals surface area contributed by atoms with Gasteiger partial charge in [-0.05, 0) is 38.0 Å². The average Bonchev–Trinajstić information content (AvgIpc) is 2.74. The van der Waals surface area contributed by atoms with E-state index in [4.69, 9.17) is 0 Å². The number of aryl methyl sites for hydroxylation is 1. The van der Waals surface area contributed by atoms with Crippen LogP contribution < -0.4 is 10.2 Å². The molecule has 0 saturated carbocycles. The molecule has 1 aliphatic rings. The number of nitrogens with zero attached hydrogens (tertiary/aromatic N) is 4. The first-order valence-corrected chi connectivity index (χ1v) is 9.63. The summed E-state index contributed by atoms with van der Waals surface area (Å²) >= 11 is 0. The van der Waals surface area contributed by atoms with Gasteiger partial charge in [0, 0.05) is 53.6 Å². The Morgan fingerprint density at radius 1 is 1.07 bits per heavy atom. The number of benzene rings is 1. The van der Waals surface area contributed by atoms with Gasteiger partial charge < -0.3 is 10.2 Å². The lowest BCUT2D eigenvalue weighted by Crippen LogP contribution is -2.39. The fourth-order valence-electron chi connectivity index (χ4n) is 3.70. The summed E-state index contributed by atoms with van der Waals surface area (Å²) in [5, 5.41) is 4.90. The number of alkyl halides is 3. The summed E-state index contributed by atoms with van der Waals surface area (Å²) in [6.45, 7) is 2.75. The number of hydrogen-bond donors (Lipinski definition) is 1. The van der Waals surface area contributed by atoms with Crippen molar-refractivity contribution in [1.82, 2.24) is 15.0 Å². The molecule has 1 saturated heterocycles. The topological polar surface area (TPSA) is 71.0 Å². The fourth-order valence-corrected chi connectivity index (χ4v) is 3.70. The molecule has 1 N–H and O–H groups in total. The SMILES string of the molecule is Cc1nccc2c(NC(=O)C3CCN(c4nccc(C(F)(F)F)n4)CC3)cccc12. The molecule has 0 unspecified atom stereocenters. The van der Waals surface area contributed by atoms with Crippen LogP contribution in [0.1, 0.15) is 24.2 Å². The van der Waals surface area contributed by atoms with Crippen LogP contribution in [0.2, 0.25) is 0 Å². The zero-order valence-electron chi connectivity index (χ0n) is 16.3. The van der Waals surface area contributed by atoms with Gasteiger partial charge in [-0.3, -0.25) is 9.78 Å². The second kappa shape index (κ2) is 7.89. The Bertz CT molecular complexity index is 1080. The van der Waals surface area contributed by atoms with Crippen LogP contribution in [-0.4, -0.2) is 33.9 Å². The normalized spacial score (nSPS) is 15.4. The predicted molar refractivity (Wildman–Crippen MR) is 107 cm³/mol. The van der Waals surface area contributed by atoms with E-state index >= 15 is 0 Å². The Kier molecular flexibility index (Phi) is 5.27. The van der Waals surface area contributed by atoms with Gasteiger partial charge in [0.05, 0.1) is 0 Å². The molecule has 0 radical (unpaired) electrons. The van der Waals surface area contributed by atoms with E-state index in [1.165, 1.54) is 0 Å². The van der Waals surface area contributed by atoms with E-state index in [0.29, 0.717) is 25.9 Å². The molecule has 4 rings (SSSR count). The Balaban J connectivity index is 1.43. The van der Waals surface area contributed by atoms with Gasteiger partial charge in [0.25, 0.3) is 0 Å². The molecule has 30 heavy (non-hydrogen) atoms. The first kappa shape index (κ1) is 20.1. The largest absolute Gasteiger partial charge is 0.433 e.